The summed E-state index contributed by atoms with van der Waals surface area (Å²) in [4.78, 5) is 16.1. The first kappa shape index (κ1) is 22.2. The number of benzene rings is 2. The minimum Gasteiger partial charge on any atom is -0.495 e. The topological polar surface area (TPSA) is 99.2 Å². The number of nitrogens with zero attached hydrogens (tertiary/aromatic N) is 2. The number of ether oxygens (including phenoxy) is 1. The fourth-order valence-corrected chi connectivity index (χ4v) is 4.78. The lowest BCUT2D eigenvalue weighted by Gasteiger charge is -2.36. The molecular formula is C20H24ClN3O5S. The molecule has 0 aromatic heterocycles. The molecule has 0 atom stereocenters. The molecular weight excluding hydrogens is 430 g/mol. The summed E-state index contributed by atoms with van der Waals surface area (Å²) in [5.41, 5.74) is 0.789. The molecule has 30 heavy (non-hydrogen) atoms. The van der Waals surface area contributed by atoms with Crippen LogP contribution in [0.3, 0.4) is 0 Å². The van der Waals surface area contributed by atoms with Gasteiger partial charge in [-0.1, -0.05) is 18.5 Å². The summed E-state index contributed by atoms with van der Waals surface area (Å²) in [6.45, 7) is 6.17. The second-order valence-electron chi connectivity index (χ2n) is 6.86. The van der Waals surface area contributed by atoms with E-state index in [0.29, 0.717) is 24.5 Å². The fraction of sp³-hybridized carbons (Fsp3) is 0.350. The molecule has 1 aliphatic heterocycles. The Labute approximate surface area is 181 Å². The molecule has 0 saturated carbocycles. The number of aromatic carboxylic acids is 1. The quantitative estimate of drug-likeness (QED) is 0.664. The Morgan fingerprint density at radius 1 is 1.17 bits per heavy atom. The first-order valence-corrected chi connectivity index (χ1v) is 11.3. The van der Waals surface area contributed by atoms with Gasteiger partial charge in [0.05, 0.1) is 28.3 Å². The zero-order chi connectivity index (χ0) is 21.9. The number of likely N-dealkylation sites (N-methyl/N-ethyl adjacent to an activating group) is 1. The maximum Gasteiger partial charge on any atom is 0.337 e. The van der Waals surface area contributed by atoms with Crippen molar-refractivity contribution in [2.45, 2.75) is 11.8 Å². The molecule has 0 spiro atoms. The molecule has 1 aliphatic rings. The van der Waals surface area contributed by atoms with Crippen LogP contribution >= 0.6 is 11.6 Å². The van der Waals surface area contributed by atoms with Crippen molar-refractivity contribution in [3.63, 3.8) is 0 Å². The van der Waals surface area contributed by atoms with Crippen LogP contribution in [0.1, 0.15) is 17.3 Å². The van der Waals surface area contributed by atoms with E-state index < -0.39 is 16.0 Å². The Hall–Kier alpha value is -2.49. The van der Waals surface area contributed by atoms with Crippen molar-refractivity contribution in [1.82, 2.24) is 4.90 Å². The van der Waals surface area contributed by atoms with Crippen molar-refractivity contribution in [3.05, 3.63) is 47.0 Å². The van der Waals surface area contributed by atoms with Crippen molar-refractivity contribution in [1.29, 1.82) is 0 Å². The Kier molecular flexibility index (Phi) is 6.74. The molecule has 0 radical (unpaired) electrons. The fourth-order valence-electron chi connectivity index (χ4n) is 3.38. The Morgan fingerprint density at radius 3 is 2.43 bits per heavy atom. The normalized spacial score (nSPS) is 15.1. The lowest BCUT2D eigenvalue weighted by molar-refractivity contribution is 0.0697. The van der Waals surface area contributed by atoms with Crippen molar-refractivity contribution in [2.24, 2.45) is 0 Å². The monoisotopic (exact) mass is 453 g/mol. The molecule has 1 heterocycles. The van der Waals surface area contributed by atoms with Crippen LogP contribution in [0.15, 0.2) is 41.3 Å². The van der Waals surface area contributed by atoms with Crippen LogP contribution in [0.25, 0.3) is 0 Å². The number of methoxy groups -OCH3 is 1. The zero-order valence-electron chi connectivity index (χ0n) is 16.8. The van der Waals surface area contributed by atoms with Crippen molar-refractivity contribution >= 4 is 39.0 Å². The third-order valence-corrected chi connectivity index (χ3v) is 6.75. The van der Waals surface area contributed by atoms with Gasteiger partial charge in [0, 0.05) is 31.9 Å². The van der Waals surface area contributed by atoms with Crippen molar-refractivity contribution in [2.75, 3.05) is 49.5 Å². The van der Waals surface area contributed by atoms with E-state index in [4.69, 9.17) is 16.3 Å². The van der Waals surface area contributed by atoms with E-state index in [1.165, 1.54) is 31.4 Å². The number of carbonyl (C=O) groups is 1. The number of halogens is 1. The summed E-state index contributed by atoms with van der Waals surface area (Å²) < 4.78 is 32.9. The van der Waals surface area contributed by atoms with Gasteiger partial charge in [-0.05, 0) is 42.9 Å². The van der Waals surface area contributed by atoms with Crippen LogP contribution < -0.4 is 14.4 Å². The number of nitrogens with one attached hydrogen (secondary N) is 1. The summed E-state index contributed by atoms with van der Waals surface area (Å²) in [5.74, 6) is -0.757. The molecule has 0 bridgehead atoms. The second-order valence-corrected chi connectivity index (χ2v) is 8.95. The molecule has 8 nitrogen and oxygen atoms in total. The van der Waals surface area contributed by atoms with Gasteiger partial charge < -0.3 is 19.6 Å². The first-order valence-electron chi connectivity index (χ1n) is 9.46. The molecule has 162 valence electrons. The summed E-state index contributed by atoms with van der Waals surface area (Å²) in [6.07, 6.45) is 0. The lowest BCUT2D eigenvalue weighted by Crippen LogP contribution is -2.46. The van der Waals surface area contributed by atoms with Crippen molar-refractivity contribution in [3.8, 4) is 5.75 Å². The van der Waals surface area contributed by atoms with Gasteiger partial charge in [-0.25, -0.2) is 13.2 Å². The highest BCUT2D eigenvalue weighted by atomic mass is 35.5. The predicted octanol–water partition coefficient (Wildman–Crippen LogP) is 2.99. The minimum atomic E-state index is -3.95. The highest BCUT2D eigenvalue weighted by Gasteiger charge is 2.23. The van der Waals surface area contributed by atoms with E-state index in [9.17, 15) is 18.3 Å². The number of carboxylic acids is 1. The predicted molar refractivity (Wildman–Crippen MR) is 117 cm³/mol. The molecule has 1 fully saturated rings. The SMILES string of the molecule is CCN1CCN(c2ccc(NS(=O)(=O)c3ccc(OC)c(Cl)c3)cc2C(=O)O)CC1. The van der Waals surface area contributed by atoms with Gasteiger partial charge in [-0.3, -0.25) is 4.72 Å². The first-order chi connectivity index (χ1) is 14.2. The summed E-state index contributed by atoms with van der Waals surface area (Å²) in [6, 6.07) is 8.65. The number of hydrogen-bond acceptors (Lipinski definition) is 6. The van der Waals surface area contributed by atoms with E-state index in [2.05, 4.69) is 16.5 Å². The molecule has 0 aliphatic carbocycles. The van der Waals surface area contributed by atoms with Gasteiger partial charge in [-0.2, -0.15) is 0 Å². The van der Waals surface area contributed by atoms with Crippen molar-refractivity contribution < 1.29 is 23.1 Å². The van der Waals surface area contributed by atoms with Gasteiger partial charge in [0.2, 0.25) is 0 Å². The van der Waals surface area contributed by atoms with E-state index in [-0.39, 0.29) is 21.2 Å². The van der Waals surface area contributed by atoms with E-state index in [1.807, 2.05) is 4.90 Å². The molecule has 0 unspecified atom stereocenters. The van der Waals surface area contributed by atoms with Gasteiger partial charge in [0.25, 0.3) is 10.0 Å². The zero-order valence-corrected chi connectivity index (χ0v) is 18.3. The maximum absolute atomic E-state index is 12.7. The Morgan fingerprint density at radius 2 is 1.87 bits per heavy atom. The number of piperazine rings is 1. The third-order valence-electron chi connectivity index (χ3n) is 5.07. The molecule has 3 rings (SSSR count). The molecule has 2 N–H and O–H groups in total. The van der Waals surface area contributed by atoms with Crippen LogP contribution in [0.2, 0.25) is 5.02 Å². The van der Waals surface area contributed by atoms with Gasteiger partial charge in [0.15, 0.2) is 0 Å². The largest absolute Gasteiger partial charge is 0.495 e. The standard InChI is InChI=1S/C20H24ClN3O5S/c1-3-23-8-10-24(11-9-23)18-6-4-14(12-16(18)20(25)26)22-30(27,28)15-5-7-19(29-2)17(21)13-15/h4-7,12-13,22H,3,8-11H2,1-2H3,(H,25,26). The molecule has 1 saturated heterocycles. The second kappa shape index (κ2) is 9.11. The highest BCUT2D eigenvalue weighted by Crippen LogP contribution is 2.30. The number of anilines is 2. The van der Waals surface area contributed by atoms with Crippen LogP contribution in [-0.2, 0) is 10.0 Å². The maximum atomic E-state index is 12.7. The lowest BCUT2D eigenvalue weighted by atomic mass is 10.1. The molecule has 2 aromatic carbocycles. The Bertz CT molecular complexity index is 1040. The molecule has 2 aromatic rings. The van der Waals surface area contributed by atoms with Crippen LogP contribution in [0.4, 0.5) is 11.4 Å². The van der Waals surface area contributed by atoms with E-state index in [1.54, 1.807) is 12.1 Å². The van der Waals surface area contributed by atoms with Gasteiger partial charge in [0.1, 0.15) is 5.75 Å². The summed E-state index contributed by atoms with van der Waals surface area (Å²) in [7, 11) is -2.52. The number of carboxylic acid groups (broad SMARTS) is 1. The molecule has 10 heteroatoms. The third kappa shape index (κ3) is 4.80. The Balaban J connectivity index is 1.86. The number of sulfonamides is 1. The highest BCUT2D eigenvalue weighted by molar-refractivity contribution is 7.92. The minimum absolute atomic E-state index is 0.0490. The van der Waals surface area contributed by atoms with E-state index in [0.717, 1.165) is 19.6 Å². The molecule has 0 amide bonds. The van der Waals surface area contributed by atoms with E-state index >= 15 is 0 Å². The summed E-state index contributed by atoms with van der Waals surface area (Å²) in [5, 5.41) is 9.84. The number of hydrogen-bond donors (Lipinski definition) is 2. The van der Waals surface area contributed by atoms with Gasteiger partial charge in [-0.15, -0.1) is 0 Å². The average Bonchev–Trinajstić information content (AvgIpc) is 2.73. The van der Waals surface area contributed by atoms with Gasteiger partial charge >= 0.3 is 5.97 Å². The number of rotatable bonds is 7. The van der Waals surface area contributed by atoms with Crippen LogP contribution in [0, 0.1) is 0 Å². The van der Waals surface area contributed by atoms with Crippen LogP contribution in [-0.4, -0.2) is 64.2 Å². The van der Waals surface area contributed by atoms with Crippen LogP contribution in [0.5, 0.6) is 5.75 Å². The summed E-state index contributed by atoms with van der Waals surface area (Å²) >= 11 is 6.03. The smallest absolute Gasteiger partial charge is 0.337 e. The average molecular weight is 454 g/mol.